The van der Waals surface area contributed by atoms with E-state index in [1.54, 1.807) is 38.1 Å². The van der Waals surface area contributed by atoms with Gasteiger partial charge in [-0.05, 0) is 38.1 Å². The van der Waals surface area contributed by atoms with Gasteiger partial charge in [0, 0.05) is 5.02 Å². The van der Waals surface area contributed by atoms with Crippen molar-refractivity contribution in [3.63, 3.8) is 0 Å². The number of rotatable bonds is 7. The lowest BCUT2D eigenvalue weighted by atomic mass is 10.3. The minimum absolute atomic E-state index is 0.268. The molecule has 0 saturated heterocycles. The third-order valence-corrected chi connectivity index (χ3v) is 3.64. The molecular formula is C11H15ClNO4P. The third-order valence-electron chi connectivity index (χ3n) is 1.78. The molecule has 0 aliphatic carbocycles. The fourth-order valence-corrected chi connectivity index (χ4v) is 2.32. The molecule has 0 bridgehead atoms. The number of halogens is 1. The molecule has 0 amide bonds. The summed E-state index contributed by atoms with van der Waals surface area (Å²) in [5, 5.41) is 4.20. The molecular weight excluding hydrogens is 277 g/mol. The maximum absolute atomic E-state index is 12.0. The quantitative estimate of drug-likeness (QED) is 0.434. The first-order valence-electron chi connectivity index (χ1n) is 5.45. The molecule has 1 aromatic carbocycles. The Bertz CT molecular complexity index is 425. The van der Waals surface area contributed by atoms with Crippen molar-refractivity contribution in [1.29, 1.82) is 0 Å². The fraction of sp³-hybridized carbons (Fsp3) is 0.364. The van der Waals surface area contributed by atoms with Crippen molar-refractivity contribution in [2.75, 3.05) is 13.2 Å². The summed E-state index contributed by atoms with van der Waals surface area (Å²) in [6.45, 7) is 3.98. The molecule has 0 saturated carbocycles. The van der Waals surface area contributed by atoms with Crippen molar-refractivity contribution in [3.05, 3.63) is 29.3 Å². The zero-order valence-electron chi connectivity index (χ0n) is 10.2. The Morgan fingerprint density at radius 3 is 2.28 bits per heavy atom. The van der Waals surface area contributed by atoms with E-state index in [4.69, 9.17) is 25.5 Å². The number of hydrogen-bond donors (Lipinski definition) is 0. The van der Waals surface area contributed by atoms with Gasteiger partial charge in [0.15, 0.2) is 11.7 Å². The van der Waals surface area contributed by atoms with Gasteiger partial charge in [0.2, 0.25) is 0 Å². The van der Waals surface area contributed by atoms with Crippen LogP contribution in [0, 0.1) is 0 Å². The highest BCUT2D eigenvalue weighted by molar-refractivity contribution is 7.69. The smallest absolute Gasteiger partial charge is 0.357 e. The van der Waals surface area contributed by atoms with Gasteiger partial charge in [-0.15, -0.1) is 0 Å². The van der Waals surface area contributed by atoms with E-state index >= 15 is 0 Å². The van der Waals surface area contributed by atoms with Gasteiger partial charge in [-0.1, -0.05) is 16.8 Å². The SMILES string of the molecule is CCOP(=O)(C=NOc1ccc(Cl)cc1)OCC. The number of benzene rings is 1. The molecule has 0 aliphatic heterocycles. The molecule has 0 fully saturated rings. The van der Waals surface area contributed by atoms with Crippen molar-refractivity contribution < 1.29 is 18.5 Å². The summed E-state index contributed by atoms with van der Waals surface area (Å²) in [5.41, 5.74) is 0. The lowest BCUT2D eigenvalue weighted by Gasteiger charge is -2.11. The molecule has 0 aliphatic rings. The second-order valence-electron chi connectivity index (χ2n) is 3.14. The van der Waals surface area contributed by atoms with Gasteiger partial charge in [0.25, 0.3) is 0 Å². The fourth-order valence-electron chi connectivity index (χ4n) is 1.10. The van der Waals surface area contributed by atoms with Gasteiger partial charge >= 0.3 is 7.60 Å². The Kier molecular flexibility index (Phi) is 6.36. The van der Waals surface area contributed by atoms with E-state index < -0.39 is 7.60 Å². The zero-order chi connectivity index (χ0) is 13.4. The van der Waals surface area contributed by atoms with Crippen LogP contribution in [-0.2, 0) is 13.6 Å². The Morgan fingerprint density at radius 1 is 1.22 bits per heavy atom. The molecule has 0 unspecified atom stereocenters. The molecule has 1 aromatic rings. The molecule has 7 heteroatoms. The summed E-state index contributed by atoms with van der Waals surface area (Å²) in [6, 6.07) is 6.62. The standard InChI is InChI=1S/C11H15ClNO4P/c1-3-15-18(14,16-4-2)9-13-17-11-7-5-10(12)6-8-11/h5-9H,3-4H2,1-2H3. The van der Waals surface area contributed by atoms with Gasteiger partial charge in [-0.2, -0.15) is 0 Å². The topological polar surface area (TPSA) is 57.1 Å². The second-order valence-corrected chi connectivity index (χ2v) is 5.40. The van der Waals surface area contributed by atoms with Crippen molar-refractivity contribution >= 4 is 25.2 Å². The van der Waals surface area contributed by atoms with Gasteiger partial charge in [-0.3, -0.25) is 4.57 Å². The first kappa shape index (κ1) is 15.2. The lowest BCUT2D eigenvalue weighted by molar-refractivity contribution is 0.232. The van der Waals surface area contributed by atoms with Crippen LogP contribution in [0.15, 0.2) is 29.4 Å². The average molecular weight is 292 g/mol. The van der Waals surface area contributed by atoms with Crippen molar-refractivity contribution in [1.82, 2.24) is 0 Å². The van der Waals surface area contributed by atoms with E-state index in [2.05, 4.69) is 5.16 Å². The Labute approximate surface area is 111 Å². The van der Waals surface area contributed by atoms with Crippen LogP contribution in [0.5, 0.6) is 5.75 Å². The molecule has 0 N–H and O–H groups in total. The van der Waals surface area contributed by atoms with Gasteiger partial charge in [0.1, 0.15) is 0 Å². The van der Waals surface area contributed by atoms with Crippen molar-refractivity contribution in [2.45, 2.75) is 13.8 Å². The van der Waals surface area contributed by atoms with E-state index in [0.29, 0.717) is 10.8 Å². The van der Waals surface area contributed by atoms with E-state index in [1.165, 1.54) is 0 Å². The lowest BCUT2D eigenvalue weighted by Crippen LogP contribution is -1.97. The van der Waals surface area contributed by atoms with Crippen molar-refractivity contribution in [3.8, 4) is 5.75 Å². The van der Waals surface area contributed by atoms with Gasteiger partial charge in [0.05, 0.1) is 13.2 Å². The summed E-state index contributed by atoms with van der Waals surface area (Å²) in [6.07, 6.45) is 0. The van der Waals surface area contributed by atoms with E-state index in [1.807, 2.05) is 0 Å². The average Bonchev–Trinajstić information content (AvgIpc) is 2.32. The molecule has 5 nitrogen and oxygen atoms in total. The van der Waals surface area contributed by atoms with Crippen LogP contribution in [0.4, 0.5) is 0 Å². The molecule has 18 heavy (non-hydrogen) atoms. The summed E-state index contributed by atoms with van der Waals surface area (Å²) in [4.78, 5) is 5.03. The molecule has 0 aromatic heterocycles. The van der Waals surface area contributed by atoms with Crippen LogP contribution in [0.1, 0.15) is 13.8 Å². The Hall–Kier alpha value is -0.870. The first-order valence-corrected chi connectivity index (χ1v) is 7.44. The van der Waals surface area contributed by atoms with Crippen molar-refractivity contribution in [2.24, 2.45) is 5.16 Å². The Balaban J connectivity index is 2.61. The normalized spacial score (nSPS) is 11.9. The largest absolute Gasteiger partial charge is 0.375 e. The van der Waals surface area contributed by atoms with Crippen LogP contribution in [-0.4, -0.2) is 19.2 Å². The van der Waals surface area contributed by atoms with Crippen LogP contribution in [0.25, 0.3) is 0 Å². The second kappa shape index (κ2) is 7.54. The van der Waals surface area contributed by atoms with Crippen LogP contribution < -0.4 is 4.84 Å². The molecule has 1 rings (SSSR count). The molecule has 0 heterocycles. The summed E-state index contributed by atoms with van der Waals surface area (Å²) < 4.78 is 22.0. The highest BCUT2D eigenvalue weighted by Crippen LogP contribution is 2.44. The summed E-state index contributed by atoms with van der Waals surface area (Å²) in [7, 11) is -3.31. The van der Waals surface area contributed by atoms with Crippen LogP contribution >= 0.6 is 19.2 Å². The summed E-state index contributed by atoms with van der Waals surface area (Å²) >= 11 is 5.72. The number of oxime groups is 1. The van der Waals surface area contributed by atoms with E-state index in [9.17, 15) is 4.57 Å². The summed E-state index contributed by atoms with van der Waals surface area (Å²) in [5.74, 6) is 1.53. The van der Waals surface area contributed by atoms with Gasteiger partial charge in [-0.25, -0.2) is 0 Å². The molecule has 0 radical (unpaired) electrons. The minimum atomic E-state index is -3.31. The molecule has 100 valence electrons. The highest BCUT2D eigenvalue weighted by atomic mass is 35.5. The van der Waals surface area contributed by atoms with Crippen LogP contribution in [0.2, 0.25) is 5.02 Å². The van der Waals surface area contributed by atoms with Gasteiger partial charge < -0.3 is 13.9 Å². The first-order chi connectivity index (χ1) is 8.59. The monoisotopic (exact) mass is 291 g/mol. The zero-order valence-corrected chi connectivity index (χ0v) is 11.9. The van der Waals surface area contributed by atoms with E-state index in [0.717, 1.165) is 5.96 Å². The highest BCUT2D eigenvalue weighted by Gasteiger charge is 2.20. The molecule has 0 atom stereocenters. The van der Waals surface area contributed by atoms with E-state index in [-0.39, 0.29) is 13.2 Å². The minimum Gasteiger partial charge on any atom is -0.357 e. The third kappa shape index (κ3) is 5.19. The number of nitrogens with zero attached hydrogens (tertiary/aromatic N) is 1. The molecule has 0 spiro atoms. The Morgan fingerprint density at radius 2 is 1.78 bits per heavy atom. The predicted molar refractivity (Wildman–Crippen MR) is 71.4 cm³/mol. The van der Waals surface area contributed by atoms with Crippen LogP contribution in [0.3, 0.4) is 0 Å². The number of hydrogen-bond acceptors (Lipinski definition) is 5. The maximum Gasteiger partial charge on any atom is 0.375 e. The predicted octanol–water partition coefficient (Wildman–Crippen LogP) is 3.93. The maximum atomic E-state index is 12.0.